The predicted octanol–water partition coefficient (Wildman–Crippen LogP) is 5.81. The molecule has 2 nitrogen and oxygen atoms in total. The van der Waals surface area contributed by atoms with Gasteiger partial charge in [0.25, 0.3) is 0 Å². The molecule has 0 aliphatic carbocycles. The summed E-state index contributed by atoms with van der Waals surface area (Å²) in [7, 11) is 0. The van der Waals surface area contributed by atoms with E-state index < -0.39 is 0 Å². The molecule has 0 aliphatic rings. The minimum Gasteiger partial charge on any atom is -0.503 e. The lowest BCUT2D eigenvalue weighted by Crippen LogP contribution is -1.85. The summed E-state index contributed by atoms with van der Waals surface area (Å²) in [6.45, 7) is 0. The zero-order chi connectivity index (χ0) is 13.4. The maximum atomic E-state index is 9.82. The Balaban J connectivity index is 2.72. The first-order valence-electron chi connectivity index (χ1n) is 4.77. The van der Waals surface area contributed by atoms with E-state index in [1.807, 2.05) is 18.2 Å². The van der Waals surface area contributed by atoms with Gasteiger partial charge < -0.3 is 10.2 Å². The third kappa shape index (κ3) is 2.61. The Kier molecular flexibility index (Phi) is 4.41. The van der Waals surface area contributed by atoms with Crippen LogP contribution in [0.15, 0.2) is 42.2 Å². The maximum Gasteiger partial charge on any atom is 0.173 e. The summed E-state index contributed by atoms with van der Waals surface area (Å²) in [6.07, 6.45) is 0. The standard InChI is InChI=1S/C12H6Br4O2/c13-5-1-2-6(8(14)3-5)7-4-9(15)11(17)12(18)10(7)16/h1-4,17-18H. The van der Waals surface area contributed by atoms with E-state index in [4.69, 9.17) is 0 Å². The third-order valence-electron chi connectivity index (χ3n) is 2.39. The molecule has 0 saturated carbocycles. The van der Waals surface area contributed by atoms with E-state index in [0.717, 1.165) is 20.1 Å². The van der Waals surface area contributed by atoms with Crippen LogP contribution in [0.4, 0.5) is 0 Å². The van der Waals surface area contributed by atoms with E-state index >= 15 is 0 Å². The topological polar surface area (TPSA) is 40.5 Å². The zero-order valence-electron chi connectivity index (χ0n) is 8.72. The molecule has 0 heterocycles. The van der Waals surface area contributed by atoms with E-state index in [9.17, 15) is 10.2 Å². The third-order valence-corrected chi connectivity index (χ3v) is 4.94. The summed E-state index contributed by atoms with van der Waals surface area (Å²) >= 11 is 13.4. The smallest absolute Gasteiger partial charge is 0.173 e. The molecular formula is C12H6Br4O2. The van der Waals surface area contributed by atoms with Crippen molar-refractivity contribution in [3.8, 4) is 22.6 Å². The molecule has 0 bridgehead atoms. The molecule has 94 valence electrons. The van der Waals surface area contributed by atoms with E-state index in [1.54, 1.807) is 6.07 Å². The number of aromatic hydroxyl groups is 2. The van der Waals surface area contributed by atoms with Crippen LogP contribution >= 0.6 is 63.7 Å². The molecule has 2 aromatic carbocycles. The summed E-state index contributed by atoms with van der Waals surface area (Å²) in [4.78, 5) is 0. The average Bonchev–Trinajstić information content (AvgIpc) is 2.32. The van der Waals surface area contributed by atoms with Crippen LogP contribution in [0.3, 0.4) is 0 Å². The Labute approximate surface area is 138 Å². The fourth-order valence-corrected chi connectivity index (χ4v) is 3.70. The lowest BCUT2D eigenvalue weighted by Gasteiger charge is -2.11. The second-order valence-corrected chi connectivity index (χ2v) is 6.96. The summed E-state index contributed by atoms with van der Waals surface area (Å²) < 4.78 is 2.73. The summed E-state index contributed by atoms with van der Waals surface area (Å²) in [5.41, 5.74) is 1.68. The number of rotatable bonds is 1. The van der Waals surface area contributed by atoms with Crippen LogP contribution in [-0.2, 0) is 0 Å². The van der Waals surface area contributed by atoms with Gasteiger partial charge in [-0.1, -0.05) is 37.9 Å². The number of phenolic OH excluding ortho intramolecular Hbond substituents is 2. The van der Waals surface area contributed by atoms with E-state index in [2.05, 4.69) is 63.7 Å². The van der Waals surface area contributed by atoms with Crippen LogP contribution in [0, 0.1) is 0 Å². The number of halogens is 4. The average molecular weight is 502 g/mol. The summed E-state index contributed by atoms with van der Waals surface area (Å²) in [5, 5.41) is 19.4. The van der Waals surface area contributed by atoms with Gasteiger partial charge in [0.1, 0.15) is 0 Å². The zero-order valence-corrected chi connectivity index (χ0v) is 15.1. The second-order valence-electron chi connectivity index (χ2n) is 3.54. The first-order valence-corrected chi connectivity index (χ1v) is 7.94. The Bertz CT molecular complexity index is 626. The number of phenols is 2. The van der Waals surface area contributed by atoms with Crippen molar-refractivity contribution in [3.05, 3.63) is 42.2 Å². The molecule has 6 heteroatoms. The van der Waals surface area contributed by atoms with E-state index in [-0.39, 0.29) is 11.5 Å². The van der Waals surface area contributed by atoms with Crippen molar-refractivity contribution < 1.29 is 10.2 Å². The number of hydrogen-bond donors (Lipinski definition) is 2. The van der Waals surface area contributed by atoms with Crippen molar-refractivity contribution in [1.29, 1.82) is 0 Å². The van der Waals surface area contributed by atoms with Gasteiger partial charge in [0.2, 0.25) is 0 Å². The van der Waals surface area contributed by atoms with Crippen LogP contribution in [-0.4, -0.2) is 10.2 Å². The van der Waals surface area contributed by atoms with Crippen molar-refractivity contribution in [2.24, 2.45) is 0 Å². The highest BCUT2D eigenvalue weighted by atomic mass is 79.9. The highest BCUT2D eigenvalue weighted by Gasteiger charge is 2.16. The first-order chi connectivity index (χ1) is 8.41. The molecule has 0 amide bonds. The normalized spacial score (nSPS) is 10.7. The van der Waals surface area contributed by atoms with Gasteiger partial charge in [-0.3, -0.25) is 0 Å². The van der Waals surface area contributed by atoms with Crippen molar-refractivity contribution in [2.45, 2.75) is 0 Å². The van der Waals surface area contributed by atoms with Gasteiger partial charge in [0.05, 0.1) is 8.95 Å². The molecule has 0 unspecified atom stereocenters. The Hall–Kier alpha value is -0.0400. The second kappa shape index (κ2) is 5.53. The van der Waals surface area contributed by atoms with Crippen molar-refractivity contribution in [3.63, 3.8) is 0 Å². The molecule has 0 spiro atoms. The monoisotopic (exact) mass is 498 g/mol. The molecule has 18 heavy (non-hydrogen) atoms. The molecule has 0 atom stereocenters. The summed E-state index contributed by atoms with van der Waals surface area (Å²) in [6, 6.07) is 7.48. The Morgan fingerprint density at radius 2 is 1.39 bits per heavy atom. The number of benzene rings is 2. The fraction of sp³-hybridized carbons (Fsp3) is 0. The van der Waals surface area contributed by atoms with Gasteiger partial charge in [-0.2, -0.15) is 0 Å². The minimum atomic E-state index is -0.186. The molecule has 0 aliphatic heterocycles. The van der Waals surface area contributed by atoms with Crippen LogP contribution in [0.25, 0.3) is 11.1 Å². The summed E-state index contributed by atoms with van der Waals surface area (Å²) in [5.74, 6) is -0.368. The lowest BCUT2D eigenvalue weighted by molar-refractivity contribution is 0.399. The van der Waals surface area contributed by atoms with Gasteiger partial charge in [-0.25, -0.2) is 0 Å². The van der Waals surface area contributed by atoms with Gasteiger partial charge in [-0.05, 0) is 55.6 Å². The molecule has 0 radical (unpaired) electrons. The van der Waals surface area contributed by atoms with Crippen LogP contribution in [0.5, 0.6) is 11.5 Å². The van der Waals surface area contributed by atoms with Gasteiger partial charge in [0.15, 0.2) is 11.5 Å². The molecule has 0 fully saturated rings. The molecule has 0 aromatic heterocycles. The SMILES string of the molecule is Oc1c(Br)cc(-c2ccc(Br)cc2Br)c(Br)c1O. The first kappa shape index (κ1) is 14.4. The molecular weight excluding hydrogens is 496 g/mol. The van der Waals surface area contributed by atoms with Crippen molar-refractivity contribution >= 4 is 63.7 Å². The Morgan fingerprint density at radius 3 is 2.00 bits per heavy atom. The number of hydrogen-bond acceptors (Lipinski definition) is 2. The largest absolute Gasteiger partial charge is 0.503 e. The maximum absolute atomic E-state index is 9.82. The molecule has 2 N–H and O–H groups in total. The highest BCUT2D eigenvalue weighted by Crippen LogP contribution is 2.46. The quantitative estimate of drug-likeness (QED) is 0.484. The Morgan fingerprint density at radius 1 is 0.722 bits per heavy atom. The fourth-order valence-electron chi connectivity index (χ4n) is 1.51. The van der Waals surface area contributed by atoms with E-state index in [0.29, 0.717) is 8.95 Å². The van der Waals surface area contributed by atoms with Crippen LogP contribution in [0.1, 0.15) is 0 Å². The molecule has 0 saturated heterocycles. The van der Waals surface area contributed by atoms with Crippen molar-refractivity contribution in [2.75, 3.05) is 0 Å². The van der Waals surface area contributed by atoms with Gasteiger partial charge in [0, 0.05) is 14.5 Å². The minimum absolute atomic E-state index is 0.182. The molecule has 2 rings (SSSR count). The van der Waals surface area contributed by atoms with E-state index in [1.165, 1.54) is 0 Å². The predicted molar refractivity (Wildman–Crippen MR) is 86.0 cm³/mol. The van der Waals surface area contributed by atoms with Gasteiger partial charge in [-0.15, -0.1) is 0 Å². The van der Waals surface area contributed by atoms with Gasteiger partial charge >= 0.3 is 0 Å². The lowest BCUT2D eigenvalue weighted by atomic mass is 10.1. The highest BCUT2D eigenvalue weighted by molar-refractivity contribution is 9.11. The van der Waals surface area contributed by atoms with Crippen LogP contribution in [0.2, 0.25) is 0 Å². The van der Waals surface area contributed by atoms with Crippen molar-refractivity contribution in [1.82, 2.24) is 0 Å². The van der Waals surface area contributed by atoms with Crippen LogP contribution < -0.4 is 0 Å². The molecule has 2 aromatic rings.